The number of para-hydroxylation sites is 1. The number of hydrogen-bond acceptors (Lipinski definition) is 4. The highest BCUT2D eigenvalue weighted by Crippen LogP contribution is 2.32. The first-order valence-electron chi connectivity index (χ1n) is 10.4. The van der Waals surface area contributed by atoms with Gasteiger partial charge in [0.25, 0.3) is 5.91 Å². The van der Waals surface area contributed by atoms with Crippen LogP contribution in [0.15, 0.2) is 77.8 Å². The number of halogens is 2. The Morgan fingerprint density at radius 1 is 0.912 bits per heavy atom. The van der Waals surface area contributed by atoms with Gasteiger partial charge in [0.1, 0.15) is 17.3 Å². The summed E-state index contributed by atoms with van der Waals surface area (Å²) in [5, 5.41) is 4.43. The number of nitrogens with zero attached hydrogens (tertiary/aromatic N) is 3. The number of aromatic nitrogens is 2. The molecular formula is C25H19F2N3O3S. The van der Waals surface area contributed by atoms with Crippen LogP contribution in [0, 0.1) is 11.6 Å². The van der Waals surface area contributed by atoms with Crippen LogP contribution in [-0.2, 0) is 22.9 Å². The fourth-order valence-electron chi connectivity index (χ4n) is 4.07. The largest absolute Gasteiger partial charge is 0.328 e. The minimum absolute atomic E-state index is 0.0300. The Bertz CT molecular complexity index is 1520. The van der Waals surface area contributed by atoms with E-state index >= 15 is 0 Å². The number of rotatable bonds is 4. The van der Waals surface area contributed by atoms with Crippen molar-refractivity contribution in [3.05, 3.63) is 101 Å². The van der Waals surface area contributed by atoms with E-state index in [0.717, 1.165) is 11.8 Å². The molecule has 1 aliphatic rings. The number of sulfone groups is 1. The standard InChI is InChI=1S/C25H19F2N3O3S/c1-34(32,33)17-10-11-18(19-6-2-3-7-21(19)26)20(12-17)25(31)29-13-16-14-30(28-23(16)15-29)24-9-5-4-8-22(24)27/h2-12,14H,13,15H2,1H3. The van der Waals surface area contributed by atoms with E-state index in [1.165, 1.54) is 39.9 Å². The molecule has 9 heteroatoms. The van der Waals surface area contributed by atoms with Crippen LogP contribution in [0.1, 0.15) is 21.6 Å². The van der Waals surface area contributed by atoms with E-state index in [-0.39, 0.29) is 29.1 Å². The summed E-state index contributed by atoms with van der Waals surface area (Å²) in [6.45, 7) is 0.373. The average molecular weight is 480 g/mol. The zero-order valence-electron chi connectivity index (χ0n) is 18.1. The van der Waals surface area contributed by atoms with E-state index in [4.69, 9.17) is 0 Å². The van der Waals surface area contributed by atoms with Gasteiger partial charge in [-0.25, -0.2) is 21.9 Å². The van der Waals surface area contributed by atoms with Crippen LogP contribution in [0.2, 0.25) is 0 Å². The third-order valence-corrected chi connectivity index (χ3v) is 6.89. The first-order valence-corrected chi connectivity index (χ1v) is 12.3. The number of benzene rings is 3. The first kappa shape index (κ1) is 22.0. The van der Waals surface area contributed by atoms with Gasteiger partial charge in [0.05, 0.1) is 17.1 Å². The van der Waals surface area contributed by atoms with Gasteiger partial charge in [-0.1, -0.05) is 36.4 Å². The van der Waals surface area contributed by atoms with Gasteiger partial charge in [0, 0.05) is 35.7 Å². The van der Waals surface area contributed by atoms with Crippen LogP contribution in [0.4, 0.5) is 8.78 Å². The zero-order valence-corrected chi connectivity index (χ0v) is 18.9. The Morgan fingerprint density at radius 2 is 1.62 bits per heavy atom. The third-order valence-electron chi connectivity index (χ3n) is 5.78. The topological polar surface area (TPSA) is 72.3 Å². The van der Waals surface area contributed by atoms with E-state index in [0.29, 0.717) is 16.9 Å². The van der Waals surface area contributed by atoms with Crippen molar-refractivity contribution in [3.63, 3.8) is 0 Å². The van der Waals surface area contributed by atoms with Gasteiger partial charge >= 0.3 is 0 Å². The lowest BCUT2D eigenvalue weighted by atomic mass is 9.98. The molecule has 2 heterocycles. The predicted octanol–water partition coefficient (Wildman–Crippen LogP) is 4.38. The minimum atomic E-state index is -3.59. The van der Waals surface area contributed by atoms with Crippen LogP contribution >= 0.6 is 0 Å². The number of hydrogen-bond donors (Lipinski definition) is 0. The van der Waals surface area contributed by atoms with Gasteiger partial charge in [-0.2, -0.15) is 5.10 Å². The van der Waals surface area contributed by atoms with E-state index in [1.54, 1.807) is 42.6 Å². The molecule has 0 unspecified atom stereocenters. The number of carbonyl (C=O) groups is 1. The molecule has 0 spiro atoms. The molecule has 0 atom stereocenters. The van der Waals surface area contributed by atoms with Gasteiger partial charge in [-0.15, -0.1) is 0 Å². The summed E-state index contributed by atoms with van der Waals surface area (Å²) in [5.41, 5.74) is 2.26. The van der Waals surface area contributed by atoms with Crippen molar-refractivity contribution in [2.24, 2.45) is 0 Å². The van der Waals surface area contributed by atoms with Gasteiger partial charge in [0.15, 0.2) is 9.84 Å². The molecule has 0 fully saturated rings. The van der Waals surface area contributed by atoms with Crippen LogP contribution in [-0.4, -0.2) is 35.3 Å². The van der Waals surface area contributed by atoms with Crippen LogP contribution in [0.25, 0.3) is 16.8 Å². The highest BCUT2D eigenvalue weighted by molar-refractivity contribution is 7.90. The van der Waals surface area contributed by atoms with Crippen molar-refractivity contribution >= 4 is 15.7 Å². The molecule has 3 aromatic carbocycles. The number of amides is 1. The van der Waals surface area contributed by atoms with Gasteiger partial charge in [-0.05, 0) is 35.9 Å². The highest BCUT2D eigenvalue weighted by Gasteiger charge is 2.30. The normalized spacial score (nSPS) is 13.2. The average Bonchev–Trinajstić information content (AvgIpc) is 3.38. The monoisotopic (exact) mass is 479 g/mol. The van der Waals surface area contributed by atoms with Gasteiger partial charge < -0.3 is 4.90 Å². The third kappa shape index (κ3) is 3.88. The van der Waals surface area contributed by atoms with E-state index in [1.807, 2.05) is 0 Å². The molecule has 0 aliphatic carbocycles. The smallest absolute Gasteiger partial charge is 0.255 e. The predicted molar refractivity (Wildman–Crippen MR) is 122 cm³/mol. The molecule has 6 nitrogen and oxygen atoms in total. The van der Waals surface area contributed by atoms with Crippen molar-refractivity contribution in [3.8, 4) is 16.8 Å². The number of carbonyl (C=O) groups excluding carboxylic acids is 1. The maximum Gasteiger partial charge on any atom is 0.255 e. The molecule has 1 amide bonds. The molecule has 1 aromatic heterocycles. The van der Waals surface area contributed by atoms with E-state index in [2.05, 4.69) is 5.10 Å². The van der Waals surface area contributed by atoms with Gasteiger partial charge in [0.2, 0.25) is 0 Å². The van der Waals surface area contributed by atoms with Crippen LogP contribution < -0.4 is 0 Å². The molecule has 172 valence electrons. The molecular weight excluding hydrogens is 460 g/mol. The SMILES string of the molecule is CS(=O)(=O)c1ccc(-c2ccccc2F)c(C(=O)N2Cc3cn(-c4ccccc4F)nc3C2)c1. The van der Waals surface area contributed by atoms with Crippen molar-refractivity contribution in [1.29, 1.82) is 0 Å². The quantitative estimate of drug-likeness (QED) is 0.436. The van der Waals surface area contributed by atoms with Crippen molar-refractivity contribution in [2.75, 3.05) is 6.26 Å². The summed E-state index contributed by atoms with van der Waals surface area (Å²) in [6, 6.07) is 16.4. The Kier molecular flexibility index (Phi) is 5.28. The highest BCUT2D eigenvalue weighted by atomic mass is 32.2. The van der Waals surface area contributed by atoms with Crippen molar-refractivity contribution in [2.45, 2.75) is 18.0 Å². The lowest BCUT2D eigenvalue weighted by molar-refractivity contribution is 0.0749. The molecule has 34 heavy (non-hydrogen) atoms. The molecule has 0 saturated carbocycles. The van der Waals surface area contributed by atoms with Crippen molar-refractivity contribution in [1.82, 2.24) is 14.7 Å². The Labute approximate surface area is 195 Å². The second-order valence-electron chi connectivity index (χ2n) is 8.12. The Balaban J connectivity index is 1.51. The first-order chi connectivity index (χ1) is 16.2. The molecule has 1 aliphatic heterocycles. The fraction of sp³-hybridized carbons (Fsp3) is 0.120. The summed E-state index contributed by atoms with van der Waals surface area (Å²) >= 11 is 0. The maximum atomic E-state index is 14.5. The number of fused-ring (bicyclic) bond motifs is 1. The lowest BCUT2D eigenvalue weighted by Gasteiger charge is -2.19. The zero-order chi connectivity index (χ0) is 24.0. The van der Waals surface area contributed by atoms with E-state index in [9.17, 15) is 22.0 Å². The second kappa shape index (κ2) is 8.18. The minimum Gasteiger partial charge on any atom is -0.328 e. The Hall–Kier alpha value is -3.85. The summed E-state index contributed by atoms with van der Waals surface area (Å²) in [5.74, 6) is -1.38. The maximum absolute atomic E-state index is 14.5. The molecule has 0 radical (unpaired) electrons. The molecule has 5 rings (SSSR count). The Morgan fingerprint density at radius 3 is 2.29 bits per heavy atom. The van der Waals surface area contributed by atoms with Crippen LogP contribution in [0.3, 0.4) is 0 Å². The fourth-order valence-corrected chi connectivity index (χ4v) is 4.72. The summed E-state index contributed by atoms with van der Waals surface area (Å²) in [6.07, 6.45) is 2.72. The lowest BCUT2D eigenvalue weighted by Crippen LogP contribution is -2.27. The summed E-state index contributed by atoms with van der Waals surface area (Å²) in [4.78, 5) is 15.0. The molecule has 4 aromatic rings. The summed E-state index contributed by atoms with van der Waals surface area (Å²) < 4.78 is 54.4. The van der Waals surface area contributed by atoms with Crippen molar-refractivity contribution < 1.29 is 22.0 Å². The van der Waals surface area contributed by atoms with Crippen LogP contribution in [0.5, 0.6) is 0 Å². The summed E-state index contributed by atoms with van der Waals surface area (Å²) in [7, 11) is -3.59. The molecule has 0 saturated heterocycles. The second-order valence-corrected chi connectivity index (χ2v) is 10.1. The molecule has 0 N–H and O–H groups in total. The van der Waals surface area contributed by atoms with E-state index < -0.39 is 27.4 Å². The molecule has 0 bridgehead atoms. The van der Waals surface area contributed by atoms with Gasteiger partial charge in [-0.3, -0.25) is 4.79 Å².